The van der Waals surface area contributed by atoms with Crippen molar-refractivity contribution in [3.05, 3.63) is 47.3 Å². The van der Waals surface area contributed by atoms with Crippen LogP contribution in [0.1, 0.15) is 54.5 Å². The predicted molar refractivity (Wildman–Crippen MR) is 99.5 cm³/mol. The molecule has 5 N–H and O–H groups in total. The molecule has 1 aromatic carbocycles. The number of nitrogens with one attached hydrogen (secondary N) is 3. The minimum atomic E-state index is -0.862. The number of hydrogen-bond donors (Lipinski definition) is 4. The highest BCUT2D eigenvalue weighted by Gasteiger charge is 2.18. The van der Waals surface area contributed by atoms with Crippen molar-refractivity contribution >= 4 is 17.5 Å². The summed E-state index contributed by atoms with van der Waals surface area (Å²) in [6, 6.07) is 2.44. The number of hydrogen-bond acceptors (Lipinski definition) is 4. The number of carbonyl (C=O) groups excluding carboxylic acids is 2. The van der Waals surface area contributed by atoms with E-state index >= 15 is 0 Å². The quantitative estimate of drug-likeness (QED) is 0.616. The zero-order valence-corrected chi connectivity index (χ0v) is 15.6. The molecule has 1 heterocycles. The van der Waals surface area contributed by atoms with Crippen molar-refractivity contribution in [3.63, 3.8) is 0 Å². The third-order valence-corrected chi connectivity index (χ3v) is 3.34. The summed E-state index contributed by atoms with van der Waals surface area (Å²) in [5, 5.41) is 11.4. The molecule has 7 nitrogen and oxygen atoms in total. The van der Waals surface area contributed by atoms with E-state index in [0.29, 0.717) is 6.07 Å². The molecule has 0 aliphatic rings. The number of nitrogens with two attached hydrogens (primary N) is 1. The fourth-order valence-electron chi connectivity index (χ4n) is 2.23. The molecule has 0 radical (unpaired) electrons. The van der Waals surface area contributed by atoms with E-state index in [1.807, 2.05) is 20.8 Å². The summed E-state index contributed by atoms with van der Waals surface area (Å²) in [5.41, 5.74) is 4.86. The summed E-state index contributed by atoms with van der Waals surface area (Å²) in [5.74, 6) is -2.89. The summed E-state index contributed by atoms with van der Waals surface area (Å²) < 4.78 is 26.4. The molecule has 2 aromatic rings. The van der Waals surface area contributed by atoms with E-state index in [2.05, 4.69) is 20.8 Å². The molecular formula is C18H25F2N5O2. The Bertz CT molecular complexity index is 744. The predicted octanol–water partition coefficient (Wildman–Crippen LogP) is 2.82. The van der Waals surface area contributed by atoms with Crippen LogP contribution in [0.25, 0.3) is 0 Å². The molecule has 2 amide bonds. The molecule has 148 valence electrons. The maximum atomic E-state index is 13.2. The number of H-pyrrole nitrogens is 1. The summed E-state index contributed by atoms with van der Waals surface area (Å²) in [6.07, 6.45) is 2.98. The van der Waals surface area contributed by atoms with Gasteiger partial charge in [0.25, 0.3) is 11.8 Å². The van der Waals surface area contributed by atoms with Gasteiger partial charge in [-0.05, 0) is 32.0 Å². The van der Waals surface area contributed by atoms with Crippen LogP contribution in [0.2, 0.25) is 0 Å². The van der Waals surface area contributed by atoms with Crippen molar-refractivity contribution in [2.75, 3.05) is 11.9 Å². The lowest BCUT2D eigenvalue weighted by atomic mass is 10.2. The summed E-state index contributed by atoms with van der Waals surface area (Å²) in [4.78, 5) is 24.3. The van der Waals surface area contributed by atoms with Gasteiger partial charge in [0.1, 0.15) is 17.3 Å². The summed E-state index contributed by atoms with van der Waals surface area (Å²) in [6.45, 7) is 6.52. The Balaban J connectivity index is 0.00000114. The third-order valence-electron chi connectivity index (χ3n) is 3.34. The largest absolute Gasteiger partial charge is 0.348 e. The second-order valence-corrected chi connectivity index (χ2v) is 5.84. The smallest absolute Gasteiger partial charge is 0.271 e. The number of aromatic nitrogens is 2. The molecule has 0 aliphatic carbocycles. The number of halogens is 2. The van der Waals surface area contributed by atoms with Gasteiger partial charge in [-0.15, -0.1) is 0 Å². The highest BCUT2D eigenvalue weighted by molar-refractivity contribution is 6.08. The number of anilines is 1. The monoisotopic (exact) mass is 381 g/mol. The molecule has 1 unspecified atom stereocenters. The van der Waals surface area contributed by atoms with Crippen LogP contribution in [0.3, 0.4) is 0 Å². The molecule has 27 heavy (non-hydrogen) atoms. The molecular weight excluding hydrogens is 356 g/mol. The van der Waals surface area contributed by atoms with Gasteiger partial charge >= 0.3 is 0 Å². The molecule has 0 saturated carbocycles. The summed E-state index contributed by atoms with van der Waals surface area (Å²) >= 11 is 0. The zero-order valence-electron chi connectivity index (χ0n) is 15.6. The van der Waals surface area contributed by atoms with Gasteiger partial charge in [0.15, 0.2) is 0 Å². The van der Waals surface area contributed by atoms with Gasteiger partial charge in [-0.3, -0.25) is 14.7 Å². The van der Waals surface area contributed by atoms with E-state index in [9.17, 15) is 18.4 Å². The number of amides is 2. The average molecular weight is 381 g/mol. The van der Waals surface area contributed by atoms with E-state index in [0.717, 1.165) is 31.5 Å². The average Bonchev–Trinajstić information content (AvgIpc) is 3.03. The van der Waals surface area contributed by atoms with Gasteiger partial charge in [-0.25, -0.2) is 8.78 Å². The minimum Gasteiger partial charge on any atom is -0.348 e. The van der Waals surface area contributed by atoms with Gasteiger partial charge < -0.3 is 16.4 Å². The number of benzene rings is 1. The number of rotatable bonds is 6. The number of aromatic amines is 1. The van der Waals surface area contributed by atoms with Crippen molar-refractivity contribution in [2.45, 2.75) is 39.7 Å². The SMILES string of the molecule is CCCC(C)NC(=O)c1[nH]ncc1NC(=O)c1cc(F)cc(F)c1.CCN. The van der Waals surface area contributed by atoms with Crippen molar-refractivity contribution in [1.82, 2.24) is 15.5 Å². The Morgan fingerprint density at radius 1 is 1.19 bits per heavy atom. The lowest BCUT2D eigenvalue weighted by Crippen LogP contribution is -2.33. The van der Waals surface area contributed by atoms with Crippen LogP contribution in [0.4, 0.5) is 14.5 Å². The van der Waals surface area contributed by atoms with Crippen molar-refractivity contribution < 1.29 is 18.4 Å². The van der Waals surface area contributed by atoms with Crippen LogP contribution >= 0.6 is 0 Å². The first-order chi connectivity index (χ1) is 12.8. The van der Waals surface area contributed by atoms with Gasteiger partial charge in [0.2, 0.25) is 0 Å². The standard InChI is InChI=1S/C16H18F2N4O2.C2H7N/c1-3-4-9(2)20-16(24)14-13(8-19-22-14)21-15(23)10-5-11(17)7-12(18)6-10;1-2-3/h5-9H,3-4H2,1-2H3,(H,19,22)(H,20,24)(H,21,23);2-3H2,1H3. The maximum absolute atomic E-state index is 13.2. The van der Waals surface area contributed by atoms with Gasteiger partial charge in [-0.1, -0.05) is 20.3 Å². The van der Waals surface area contributed by atoms with E-state index in [1.165, 1.54) is 6.20 Å². The van der Waals surface area contributed by atoms with Crippen molar-refractivity contribution in [3.8, 4) is 0 Å². The molecule has 1 aromatic heterocycles. The van der Waals surface area contributed by atoms with E-state index in [1.54, 1.807) is 0 Å². The Morgan fingerprint density at radius 3 is 2.33 bits per heavy atom. The number of carbonyl (C=O) groups is 2. The first-order valence-corrected chi connectivity index (χ1v) is 8.64. The normalized spacial score (nSPS) is 11.2. The molecule has 0 saturated heterocycles. The third kappa shape index (κ3) is 7.14. The highest BCUT2D eigenvalue weighted by Crippen LogP contribution is 2.15. The van der Waals surface area contributed by atoms with Crippen LogP contribution in [-0.2, 0) is 0 Å². The van der Waals surface area contributed by atoms with Crippen LogP contribution < -0.4 is 16.4 Å². The maximum Gasteiger partial charge on any atom is 0.271 e. The number of nitrogens with zero attached hydrogens (tertiary/aromatic N) is 1. The van der Waals surface area contributed by atoms with E-state index in [4.69, 9.17) is 5.73 Å². The van der Waals surface area contributed by atoms with Crippen molar-refractivity contribution in [1.29, 1.82) is 0 Å². The van der Waals surface area contributed by atoms with Gasteiger partial charge in [0, 0.05) is 17.7 Å². The Labute approximate surface area is 156 Å². The second kappa shape index (κ2) is 11.0. The topological polar surface area (TPSA) is 113 Å². The minimum absolute atomic E-state index is 0.0355. The molecule has 0 aliphatic heterocycles. The lowest BCUT2D eigenvalue weighted by molar-refractivity contribution is 0.0934. The first kappa shape index (κ1) is 22.2. The molecule has 2 rings (SSSR count). The van der Waals surface area contributed by atoms with Crippen molar-refractivity contribution in [2.24, 2.45) is 5.73 Å². The Hall–Kier alpha value is -2.81. The molecule has 0 spiro atoms. The van der Waals surface area contributed by atoms with Crippen LogP contribution in [0, 0.1) is 11.6 Å². The lowest BCUT2D eigenvalue weighted by Gasteiger charge is -2.12. The van der Waals surface area contributed by atoms with Gasteiger partial charge in [0.05, 0.1) is 11.9 Å². The van der Waals surface area contributed by atoms with Gasteiger partial charge in [-0.2, -0.15) is 5.10 Å². The fraction of sp³-hybridized carbons (Fsp3) is 0.389. The summed E-state index contributed by atoms with van der Waals surface area (Å²) in [7, 11) is 0. The molecule has 0 bridgehead atoms. The van der Waals surface area contributed by atoms with E-state index < -0.39 is 23.4 Å². The molecule has 1 atom stereocenters. The van der Waals surface area contributed by atoms with E-state index in [-0.39, 0.29) is 23.0 Å². The van der Waals surface area contributed by atoms with Crippen LogP contribution in [0.15, 0.2) is 24.4 Å². The molecule has 0 fully saturated rings. The van der Waals surface area contributed by atoms with Crippen LogP contribution in [-0.4, -0.2) is 34.6 Å². The van der Waals surface area contributed by atoms with Crippen LogP contribution in [0.5, 0.6) is 0 Å². The Morgan fingerprint density at radius 2 is 1.78 bits per heavy atom. The highest BCUT2D eigenvalue weighted by atomic mass is 19.1. The fourth-order valence-corrected chi connectivity index (χ4v) is 2.23. The second-order valence-electron chi connectivity index (χ2n) is 5.84. The first-order valence-electron chi connectivity index (χ1n) is 8.64. The zero-order chi connectivity index (χ0) is 20.4. The molecule has 9 heteroatoms. The Kier molecular flexibility index (Phi) is 9.07.